The molecule has 0 amide bonds. The zero-order valence-electron chi connectivity index (χ0n) is 10.3. The average Bonchev–Trinajstić information content (AvgIpc) is 2.49. The van der Waals surface area contributed by atoms with Crippen LogP contribution < -0.4 is 5.32 Å². The molecule has 1 aliphatic rings. The number of aryl methyl sites for hydroxylation is 1. The molecule has 0 atom stereocenters. The van der Waals surface area contributed by atoms with Gasteiger partial charge in [-0.1, -0.05) is 0 Å². The highest BCUT2D eigenvalue weighted by atomic mass is 16.5. The topological polar surface area (TPSA) is 39.1 Å². The van der Waals surface area contributed by atoms with Crippen molar-refractivity contribution in [2.24, 2.45) is 7.05 Å². The van der Waals surface area contributed by atoms with E-state index in [-0.39, 0.29) is 0 Å². The van der Waals surface area contributed by atoms with E-state index in [1.54, 1.807) is 0 Å². The summed E-state index contributed by atoms with van der Waals surface area (Å²) >= 11 is 0. The van der Waals surface area contributed by atoms with Crippen molar-refractivity contribution in [3.8, 4) is 0 Å². The second-order valence-electron chi connectivity index (χ2n) is 4.23. The van der Waals surface area contributed by atoms with Crippen molar-refractivity contribution in [3.63, 3.8) is 0 Å². The third-order valence-electron chi connectivity index (χ3n) is 3.06. The number of ether oxygens (including phenoxy) is 1. The predicted octanol–water partition coefficient (Wildman–Crippen LogP) is 1.75. The normalized spacial score (nSPS) is 15.4. The van der Waals surface area contributed by atoms with E-state index < -0.39 is 0 Å². The fraction of sp³-hybridized carbons (Fsp3) is 0.750. The van der Waals surface area contributed by atoms with Crippen LogP contribution in [0.4, 0.5) is 5.82 Å². The summed E-state index contributed by atoms with van der Waals surface area (Å²) in [5, 5.41) is 8.04. The largest absolute Gasteiger partial charge is 0.381 e. The van der Waals surface area contributed by atoms with Crippen molar-refractivity contribution in [2.45, 2.75) is 32.6 Å². The lowest BCUT2D eigenvalue weighted by Crippen LogP contribution is -2.04. The van der Waals surface area contributed by atoms with E-state index in [0.717, 1.165) is 32.6 Å². The molecule has 0 unspecified atom stereocenters. The van der Waals surface area contributed by atoms with Crippen LogP contribution in [0.5, 0.6) is 0 Å². The minimum Gasteiger partial charge on any atom is -0.381 e. The van der Waals surface area contributed by atoms with E-state index in [4.69, 9.17) is 4.74 Å². The second-order valence-corrected chi connectivity index (χ2v) is 4.23. The third kappa shape index (κ3) is 2.38. The highest BCUT2D eigenvalue weighted by Gasteiger charge is 2.17. The lowest BCUT2D eigenvalue weighted by Gasteiger charge is -2.04. The SMILES string of the molecule is CCOCCc1nn(C)c2c1CCCCN2. The Balaban J connectivity index is 2.12. The van der Waals surface area contributed by atoms with Gasteiger partial charge in [0.2, 0.25) is 0 Å². The smallest absolute Gasteiger partial charge is 0.127 e. The fourth-order valence-corrected chi connectivity index (χ4v) is 2.25. The maximum Gasteiger partial charge on any atom is 0.127 e. The Hall–Kier alpha value is -1.03. The molecule has 0 fully saturated rings. The van der Waals surface area contributed by atoms with Crippen LogP contribution in [0.15, 0.2) is 0 Å². The number of rotatable bonds is 4. The molecule has 0 radical (unpaired) electrons. The number of hydrogen-bond acceptors (Lipinski definition) is 3. The molecule has 0 spiro atoms. The third-order valence-corrected chi connectivity index (χ3v) is 3.06. The number of nitrogens with one attached hydrogen (secondary N) is 1. The fourth-order valence-electron chi connectivity index (χ4n) is 2.25. The van der Waals surface area contributed by atoms with Gasteiger partial charge >= 0.3 is 0 Å². The molecular formula is C12H21N3O. The molecule has 1 N–H and O–H groups in total. The average molecular weight is 223 g/mol. The van der Waals surface area contributed by atoms with Crippen LogP contribution in [0.3, 0.4) is 0 Å². The molecule has 4 nitrogen and oxygen atoms in total. The summed E-state index contributed by atoms with van der Waals surface area (Å²) in [6.07, 6.45) is 4.59. The Bertz CT molecular complexity index is 346. The van der Waals surface area contributed by atoms with Crippen molar-refractivity contribution in [1.82, 2.24) is 9.78 Å². The summed E-state index contributed by atoms with van der Waals surface area (Å²) in [4.78, 5) is 0. The molecule has 0 aliphatic carbocycles. The zero-order chi connectivity index (χ0) is 11.4. The molecule has 2 rings (SSSR count). The highest BCUT2D eigenvalue weighted by Crippen LogP contribution is 2.24. The highest BCUT2D eigenvalue weighted by molar-refractivity contribution is 5.48. The van der Waals surface area contributed by atoms with Crippen LogP contribution >= 0.6 is 0 Å². The van der Waals surface area contributed by atoms with Gasteiger partial charge in [-0.05, 0) is 26.2 Å². The Morgan fingerprint density at radius 3 is 3.12 bits per heavy atom. The van der Waals surface area contributed by atoms with Crippen LogP contribution in [0.2, 0.25) is 0 Å². The molecule has 2 heterocycles. The number of anilines is 1. The summed E-state index contributed by atoms with van der Waals surface area (Å²) in [6.45, 7) is 4.66. The monoisotopic (exact) mass is 223 g/mol. The van der Waals surface area contributed by atoms with Crippen molar-refractivity contribution in [3.05, 3.63) is 11.3 Å². The van der Waals surface area contributed by atoms with Gasteiger partial charge in [0.25, 0.3) is 0 Å². The summed E-state index contributed by atoms with van der Waals surface area (Å²) in [5.41, 5.74) is 2.61. The molecule has 1 aromatic rings. The van der Waals surface area contributed by atoms with Gasteiger partial charge in [-0.3, -0.25) is 4.68 Å². The Morgan fingerprint density at radius 2 is 2.31 bits per heavy atom. The summed E-state index contributed by atoms with van der Waals surface area (Å²) in [6, 6.07) is 0. The number of aromatic nitrogens is 2. The van der Waals surface area contributed by atoms with Crippen molar-refractivity contribution in [2.75, 3.05) is 25.1 Å². The standard InChI is InChI=1S/C12H21N3O/c1-3-16-9-7-11-10-6-4-5-8-13-12(10)15(2)14-11/h13H,3-9H2,1-2H3. The van der Waals surface area contributed by atoms with E-state index in [0.29, 0.717) is 0 Å². The van der Waals surface area contributed by atoms with E-state index in [1.165, 1.54) is 29.9 Å². The van der Waals surface area contributed by atoms with Gasteiger partial charge in [0.1, 0.15) is 5.82 Å². The summed E-state index contributed by atoms with van der Waals surface area (Å²) in [7, 11) is 2.02. The van der Waals surface area contributed by atoms with E-state index in [9.17, 15) is 0 Å². The lowest BCUT2D eigenvalue weighted by atomic mass is 10.1. The van der Waals surface area contributed by atoms with Crippen LogP contribution in [-0.4, -0.2) is 29.5 Å². The maximum absolute atomic E-state index is 5.40. The Labute approximate surface area is 97.0 Å². The quantitative estimate of drug-likeness (QED) is 0.790. The first-order valence-corrected chi connectivity index (χ1v) is 6.19. The molecule has 0 aromatic carbocycles. The Morgan fingerprint density at radius 1 is 1.44 bits per heavy atom. The molecule has 0 bridgehead atoms. The summed E-state index contributed by atoms with van der Waals surface area (Å²) < 4.78 is 7.37. The van der Waals surface area contributed by atoms with Crippen molar-refractivity contribution < 1.29 is 4.74 Å². The van der Waals surface area contributed by atoms with Crippen LogP contribution in [0, 0.1) is 0 Å². The molecule has 4 heteroatoms. The van der Waals surface area contributed by atoms with Gasteiger partial charge in [-0.2, -0.15) is 5.10 Å². The van der Waals surface area contributed by atoms with Crippen molar-refractivity contribution in [1.29, 1.82) is 0 Å². The van der Waals surface area contributed by atoms with Gasteiger partial charge < -0.3 is 10.1 Å². The number of hydrogen-bond donors (Lipinski definition) is 1. The molecule has 1 aliphatic heterocycles. The van der Waals surface area contributed by atoms with Crippen molar-refractivity contribution >= 4 is 5.82 Å². The van der Waals surface area contributed by atoms with E-state index in [2.05, 4.69) is 10.4 Å². The van der Waals surface area contributed by atoms with Crippen LogP contribution in [-0.2, 0) is 24.6 Å². The van der Waals surface area contributed by atoms with E-state index in [1.807, 2.05) is 18.7 Å². The first-order valence-electron chi connectivity index (χ1n) is 6.19. The molecular weight excluding hydrogens is 202 g/mol. The molecule has 16 heavy (non-hydrogen) atoms. The maximum atomic E-state index is 5.40. The first kappa shape index (κ1) is 11.5. The lowest BCUT2D eigenvalue weighted by molar-refractivity contribution is 0.150. The van der Waals surface area contributed by atoms with Gasteiger partial charge in [0.15, 0.2) is 0 Å². The molecule has 0 saturated heterocycles. The number of nitrogens with zero attached hydrogens (tertiary/aromatic N) is 2. The predicted molar refractivity (Wildman–Crippen MR) is 64.8 cm³/mol. The Kier molecular flexibility index (Phi) is 3.83. The minimum atomic E-state index is 0.778. The van der Waals surface area contributed by atoms with Gasteiger partial charge in [0.05, 0.1) is 12.3 Å². The van der Waals surface area contributed by atoms with Gasteiger partial charge in [-0.25, -0.2) is 0 Å². The van der Waals surface area contributed by atoms with Crippen LogP contribution in [0.1, 0.15) is 31.0 Å². The van der Waals surface area contributed by atoms with Crippen LogP contribution in [0.25, 0.3) is 0 Å². The van der Waals surface area contributed by atoms with Gasteiger partial charge in [-0.15, -0.1) is 0 Å². The first-order chi connectivity index (χ1) is 7.83. The number of fused-ring (bicyclic) bond motifs is 1. The van der Waals surface area contributed by atoms with Gasteiger partial charge in [0, 0.05) is 32.2 Å². The zero-order valence-corrected chi connectivity index (χ0v) is 10.3. The molecule has 1 aromatic heterocycles. The molecule has 90 valence electrons. The minimum absolute atomic E-state index is 0.778. The molecule has 0 saturated carbocycles. The van der Waals surface area contributed by atoms with E-state index >= 15 is 0 Å². The summed E-state index contributed by atoms with van der Waals surface area (Å²) in [5.74, 6) is 1.21. The second kappa shape index (κ2) is 5.34.